The quantitative estimate of drug-likeness (QED) is 0.517. The molecule has 1 fully saturated rings. The minimum atomic E-state index is -3.94. The third-order valence-electron chi connectivity index (χ3n) is 5.82. The van der Waals surface area contributed by atoms with Gasteiger partial charge in [0.25, 0.3) is 10.0 Å². The van der Waals surface area contributed by atoms with Crippen LogP contribution in [0, 0.1) is 6.92 Å². The Morgan fingerprint density at radius 2 is 1.28 bits per heavy atom. The monoisotopic (exact) mass is 449 g/mol. The van der Waals surface area contributed by atoms with Crippen molar-refractivity contribution in [1.82, 2.24) is 14.3 Å². The second kappa shape index (κ2) is 9.65. The van der Waals surface area contributed by atoms with E-state index in [1.807, 2.05) is 43.3 Å². The molecule has 0 radical (unpaired) electrons. The molecule has 0 aromatic heterocycles. The van der Waals surface area contributed by atoms with Crippen molar-refractivity contribution < 1.29 is 13.2 Å². The molecule has 32 heavy (non-hydrogen) atoms. The van der Waals surface area contributed by atoms with Crippen molar-refractivity contribution in [3.8, 4) is 0 Å². The summed E-state index contributed by atoms with van der Waals surface area (Å²) in [4.78, 5) is 14.3. The Labute approximate surface area is 189 Å². The number of hydrogen-bond acceptors (Lipinski definition) is 5. The normalized spacial score (nSPS) is 15.6. The van der Waals surface area contributed by atoms with Gasteiger partial charge in [0, 0.05) is 26.2 Å². The fraction of sp³-hybridized carbons (Fsp3) is 0.240. The van der Waals surface area contributed by atoms with Crippen LogP contribution in [0.4, 0.5) is 0 Å². The highest BCUT2D eigenvalue weighted by Gasteiger charge is 2.33. The van der Waals surface area contributed by atoms with Gasteiger partial charge in [-0.25, -0.2) is 5.01 Å². The zero-order chi connectivity index (χ0) is 22.6. The molecule has 6 nitrogen and oxygen atoms in total. The van der Waals surface area contributed by atoms with E-state index in [0.29, 0.717) is 32.6 Å². The van der Waals surface area contributed by atoms with Gasteiger partial charge in [0.1, 0.15) is 0 Å². The molecule has 0 saturated carbocycles. The van der Waals surface area contributed by atoms with E-state index in [2.05, 4.69) is 29.2 Å². The third-order valence-corrected chi connectivity index (χ3v) is 7.50. The maximum Gasteiger partial charge on any atom is 0.280 e. The Morgan fingerprint density at radius 1 is 0.781 bits per heavy atom. The topological polar surface area (TPSA) is 60.9 Å². The molecule has 0 atom stereocenters. The summed E-state index contributed by atoms with van der Waals surface area (Å²) in [5.41, 5.74) is 3.33. The highest BCUT2D eigenvalue weighted by molar-refractivity contribution is 7.89. The number of nitrogens with zero attached hydrogens (tertiary/aromatic N) is 3. The summed E-state index contributed by atoms with van der Waals surface area (Å²) in [6.07, 6.45) is 0.400. The Kier molecular flexibility index (Phi) is 6.69. The standard InChI is InChI=1S/C25H27N3O3S/c1-21-12-14-24(15-13-21)32(30,31)28(20-29)27-18-16-26(17-19-27)25(22-8-4-2-5-9-22)23-10-6-3-7-11-23/h2-15,20,25H,16-19H2,1H3. The van der Waals surface area contributed by atoms with Gasteiger partial charge >= 0.3 is 0 Å². The zero-order valence-corrected chi connectivity index (χ0v) is 18.9. The lowest BCUT2D eigenvalue weighted by Gasteiger charge is -2.42. The van der Waals surface area contributed by atoms with Crippen molar-refractivity contribution in [3.05, 3.63) is 102 Å². The molecular weight excluding hydrogens is 422 g/mol. The highest BCUT2D eigenvalue weighted by Crippen LogP contribution is 2.30. The van der Waals surface area contributed by atoms with Crippen LogP contribution < -0.4 is 0 Å². The van der Waals surface area contributed by atoms with Crippen molar-refractivity contribution in [1.29, 1.82) is 0 Å². The minimum absolute atomic E-state index is 0.0675. The number of amides is 1. The van der Waals surface area contributed by atoms with Crippen molar-refractivity contribution >= 4 is 16.4 Å². The number of benzene rings is 3. The van der Waals surface area contributed by atoms with Crippen LogP contribution in [-0.2, 0) is 14.8 Å². The molecule has 1 aliphatic rings. The summed E-state index contributed by atoms with van der Waals surface area (Å²) in [7, 11) is -3.94. The van der Waals surface area contributed by atoms with Gasteiger partial charge in [0.15, 0.2) is 0 Å². The number of carbonyl (C=O) groups excluding carboxylic acids is 1. The van der Waals surface area contributed by atoms with Crippen molar-refractivity contribution in [2.24, 2.45) is 0 Å². The predicted molar refractivity (Wildman–Crippen MR) is 124 cm³/mol. The SMILES string of the molecule is Cc1ccc(S(=O)(=O)N(C=O)N2CCN(C(c3ccccc3)c3ccccc3)CC2)cc1. The number of carbonyl (C=O) groups is 1. The molecule has 1 saturated heterocycles. The molecule has 1 heterocycles. The van der Waals surface area contributed by atoms with Gasteiger partial charge in [-0.1, -0.05) is 78.4 Å². The van der Waals surface area contributed by atoms with E-state index >= 15 is 0 Å². The summed E-state index contributed by atoms with van der Waals surface area (Å²) in [6.45, 7) is 4.01. The fourth-order valence-electron chi connectivity index (χ4n) is 4.15. The third kappa shape index (κ3) is 4.60. The molecule has 7 heteroatoms. The molecule has 3 aromatic carbocycles. The van der Waals surface area contributed by atoms with Crippen molar-refractivity contribution in [3.63, 3.8) is 0 Å². The first-order valence-electron chi connectivity index (χ1n) is 10.7. The molecule has 4 rings (SSSR count). The minimum Gasteiger partial charge on any atom is -0.290 e. The summed E-state index contributed by atoms with van der Waals surface area (Å²) in [5, 5.41) is 1.62. The van der Waals surface area contributed by atoms with Gasteiger partial charge in [-0.15, -0.1) is 0 Å². The first-order valence-corrected chi connectivity index (χ1v) is 12.1. The van der Waals surface area contributed by atoms with Crippen LogP contribution in [-0.4, -0.2) is 55.3 Å². The molecule has 0 bridgehead atoms. The fourth-order valence-corrected chi connectivity index (χ4v) is 5.42. The summed E-state index contributed by atoms with van der Waals surface area (Å²) >= 11 is 0. The molecule has 3 aromatic rings. The molecule has 0 unspecified atom stereocenters. The number of rotatable bonds is 7. The van der Waals surface area contributed by atoms with E-state index in [9.17, 15) is 13.2 Å². The Morgan fingerprint density at radius 3 is 1.75 bits per heavy atom. The van der Waals surface area contributed by atoms with Gasteiger partial charge in [-0.2, -0.15) is 12.8 Å². The first-order chi connectivity index (χ1) is 15.5. The van der Waals surface area contributed by atoms with Gasteiger partial charge in [0.05, 0.1) is 10.9 Å². The van der Waals surface area contributed by atoms with E-state index in [1.54, 1.807) is 17.1 Å². The summed E-state index contributed by atoms with van der Waals surface area (Å²) in [5.74, 6) is 0. The number of piperazine rings is 1. The molecule has 1 amide bonds. The van der Waals surface area contributed by atoms with Gasteiger partial charge in [-0.3, -0.25) is 9.69 Å². The molecule has 0 N–H and O–H groups in total. The van der Waals surface area contributed by atoms with Crippen molar-refractivity contribution in [2.75, 3.05) is 26.2 Å². The second-order valence-electron chi connectivity index (χ2n) is 7.91. The largest absolute Gasteiger partial charge is 0.290 e. The summed E-state index contributed by atoms with van der Waals surface area (Å²) in [6, 6.07) is 27.2. The molecular formula is C25H27N3O3S. The predicted octanol–water partition coefficient (Wildman–Crippen LogP) is 3.46. The molecule has 0 aliphatic carbocycles. The molecule has 0 spiro atoms. The van der Waals surface area contributed by atoms with Crippen molar-refractivity contribution in [2.45, 2.75) is 17.9 Å². The number of sulfonamides is 1. The van der Waals surface area contributed by atoms with E-state index in [0.717, 1.165) is 9.98 Å². The lowest BCUT2D eigenvalue weighted by molar-refractivity contribution is -0.126. The Balaban J connectivity index is 1.54. The Hall–Kier alpha value is -3.00. The number of aryl methyl sites for hydroxylation is 1. The maximum absolute atomic E-state index is 13.1. The average Bonchev–Trinajstić information content (AvgIpc) is 2.82. The van der Waals surface area contributed by atoms with E-state index in [4.69, 9.17) is 0 Å². The van der Waals surface area contributed by atoms with Gasteiger partial charge in [-0.05, 0) is 30.2 Å². The second-order valence-corrected chi connectivity index (χ2v) is 9.71. The van der Waals surface area contributed by atoms with Gasteiger partial charge in [0.2, 0.25) is 6.41 Å². The van der Waals surface area contributed by atoms with Crippen LogP contribution >= 0.6 is 0 Å². The first kappa shape index (κ1) is 22.2. The van der Waals surface area contributed by atoms with E-state index in [1.165, 1.54) is 23.3 Å². The van der Waals surface area contributed by atoms with Gasteiger partial charge < -0.3 is 0 Å². The maximum atomic E-state index is 13.1. The number of hydrogen-bond donors (Lipinski definition) is 0. The van der Waals surface area contributed by atoms with Crippen LogP contribution in [0.15, 0.2) is 89.8 Å². The van der Waals surface area contributed by atoms with E-state index < -0.39 is 10.0 Å². The van der Waals surface area contributed by atoms with Crippen LogP contribution in [0.1, 0.15) is 22.7 Å². The lowest BCUT2D eigenvalue weighted by atomic mass is 9.96. The van der Waals surface area contributed by atoms with Crippen LogP contribution in [0.3, 0.4) is 0 Å². The molecule has 166 valence electrons. The van der Waals surface area contributed by atoms with Crippen LogP contribution in [0.5, 0.6) is 0 Å². The Bertz CT molecular complexity index is 1090. The van der Waals surface area contributed by atoms with E-state index in [-0.39, 0.29) is 10.9 Å². The van der Waals surface area contributed by atoms with Crippen LogP contribution in [0.2, 0.25) is 0 Å². The average molecular weight is 450 g/mol. The smallest absolute Gasteiger partial charge is 0.280 e. The summed E-state index contributed by atoms with van der Waals surface area (Å²) < 4.78 is 27.0. The van der Waals surface area contributed by atoms with Crippen LogP contribution in [0.25, 0.3) is 0 Å². The number of hydrazine groups is 1. The lowest BCUT2D eigenvalue weighted by Crippen LogP contribution is -2.55. The highest BCUT2D eigenvalue weighted by atomic mass is 32.2. The zero-order valence-electron chi connectivity index (χ0n) is 18.0. The molecule has 1 aliphatic heterocycles.